The average Bonchev–Trinajstić information content (AvgIpc) is 3.22. The summed E-state index contributed by atoms with van der Waals surface area (Å²) in [5, 5.41) is 3.34. The van der Waals surface area contributed by atoms with Crippen molar-refractivity contribution >= 4 is 5.91 Å². The Kier molecular flexibility index (Phi) is 4.88. The summed E-state index contributed by atoms with van der Waals surface area (Å²) in [6.07, 6.45) is 2.82. The molecule has 2 rings (SSSR count). The molecule has 4 nitrogen and oxygen atoms in total. The molecular formula is C17H26N2O2. The van der Waals surface area contributed by atoms with Gasteiger partial charge in [-0.15, -0.1) is 0 Å². The third-order valence-corrected chi connectivity index (χ3v) is 4.04. The number of hydrogen-bond donors (Lipinski definition) is 2. The minimum Gasteiger partial charge on any atom is -0.493 e. The maximum absolute atomic E-state index is 11.7. The van der Waals surface area contributed by atoms with Crippen molar-refractivity contribution < 1.29 is 9.53 Å². The van der Waals surface area contributed by atoms with Crippen LogP contribution in [0.4, 0.5) is 0 Å². The lowest BCUT2D eigenvalue weighted by molar-refractivity contribution is -0.124. The Morgan fingerprint density at radius 1 is 1.43 bits per heavy atom. The van der Waals surface area contributed by atoms with Crippen molar-refractivity contribution in [3.05, 3.63) is 29.8 Å². The highest BCUT2D eigenvalue weighted by Crippen LogP contribution is 2.27. The largest absolute Gasteiger partial charge is 0.493 e. The summed E-state index contributed by atoms with van der Waals surface area (Å²) in [6, 6.07) is 8.48. The summed E-state index contributed by atoms with van der Waals surface area (Å²) in [5.74, 6) is 0.995. The lowest BCUT2D eigenvalue weighted by Crippen LogP contribution is -2.54. The Balaban J connectivity index is 1.94. The zero-order chi connectivity index (χ0) is 15.5. The summed E-state index contributed by atoms with van der Waals surface area (Å²) < 4.78 is 5.90. The van der Waals surface area contributed by atoms with Gasteiger partial charge < -0.3 is 15.8 Å². The van der Waals surface area contributed by atoms with Crippen molar-refractivity contribution in [1.82, 2.24) is 5.32 Å². The molecule has 1 aliphatic carbocycles. The van der Waals surface area contributed by atoms with Crippen LogP contribution in [0.5, 0.6) is 5.75 Å². The van der Waals surface area contributed by atoms with Crippen LogP contribution in [0.25, 0.3) is 0 Å². The summed E-state index contributed by atoms with van der Waals surface area (Å²) >= 11 is 0. The standard InChI is InChI=1S/C17H26N2O2/c1-12(2)14-6-4-5-7-15(14)21-11-10-17(3,16(18)20)19-13-8-9-13/h4-7,12-13,19H,8-11H2,1-3H3,(H2,18,20). The van der Waals surface area contributed by atoms with Crippen molar-refractivity contribution in [3.63, 3.8) is 0 Å². The van der Waals surface area contributed by atoms with Crippen LogP contribution < -0.4 is 15.8 Å². The first-order valence-corrected chi connectivity index (χ1v) is 7.72. The molecule has 0 heterocycles. The molecule has 1 amide bonds. The van der Waals surface area contributed by atoms with Crippen LogP contribution in [0.2, 0.25) is 0 Å². The van der Waals surface area contributed by atoms with Crippen molar-refractivity contribution in [3.8, 4) is 5.75 Å². The van der Waals surface area contributed by atoms with Crippen LogP contribution in [-0.4, -0.2) is 24.1 Å². The molecule has 4 heteroatoms. The maximum Gasteiger partial charge on any atom is 0.237 e. The van der Waals surface area contributed by atoms with E-state index in [1.165, 1.54) is 5.56 Å². The van der Waals surface area contributed by atoms with Crippen molar-refractivity contribution in [2.75, 3.05) is 6.61 Å². The number of amides is 1. The number of nitrogens with two attached hydrogens (primary N) is 1. The highest BCUT2D eigenvalue weighted by Gasteiger charge is 2.36. The Hall–Kier alpha value is -1.55. The van der Waals surface area contributed by atoms with E-state index >= 15 is 0 Å². The van der Waals surface area contributed by atoms with Crippen LogP contribution in [-0.2, 0) is 4.79 Å². The van der Waals surface area contributed by atoms with E-state index in [2.05, 4.69) is 25.2 Å². The fourth-order valence-corrected chi connectivity index (χ4v) is 2.40. The lowest BCUT2D eigenvalue weighted by Gasteiger charge is -2.28. The Morgan fingerprint density at radius 2 is 2.10 bits per heavy atom. The number of rotatable bonds is 8. The zero-order valence-electron chi connectivity index (χ0n) is 13.2. The van der Waals surface area contributed by atoms with Crippen molar-refractivity contribution in [2.45, 2.75) is 57.5 Å². The minimum absolute atomic E-state index is 0.310. The van der Waals surface area contributed by atoms with Gasteiger partial charge in [0.15, 0.2) is 0 Å². The van der Waals surface area contributed by atoms with E-state index in [0.717, 1.165) is 18.6 Å². The monoisotopic (exact) mass is 290 g/mol. The Bertz CT molecular complexity index is 497. The topological polar surface area (TPSA) is 64.3 Å². The van der Waals surface area contributed by atoms with Crippen molar-refractivity contribution in [2.24, 2.45) is 5.73 Å². The number of ether oxygens (including phenoxy) is 1. The van der Waals surface area contributed by atoms with Crippen molar-refractivity contribution in [1.29, 1.82) is 0 Å². The van der Waals surface area contributed by atoms with Gasteiger partial charge >= 0.3 is 0 Å². The Morgan fingerprint density at radius 3 is 2.67 bits per heavy atom. The third-order valence-electron chi connectivity index (χ3n) is 4.04. The minimum atomic E-state index is -0.687. The highest BCUT2D eigenvalue weighted by molar-refractivity contribution is 5.84. The second-order valence-electron chi connectivity index (χ2n) is 6.41. The number of carbonyl (C=O) groups is 1. The number of carbonyl (C=O) groups excluding carboxylic acids is 1. The number of benzene rings is 1. The van der Waals surface area contributed by atoms with Crippen LogP contribution >= 0.6 is 0 Å². The Labute approximate surface area is 127 Å². The quantitative estimate of drug-likeness (QED) is 0.773. The van der Waals surface area contributed by atoms with Crippen LogP contribution in [0.1, 0.15) is 51.5 Å². The molecular weight excluding hydrogens is 264 g/mol. The fourth-order valence-electron chi connectivity index (χ4n) is 2.40. The van der Waals surface area contributed by atoms with Gasteiger partial charge in [-0.2, -0.15) is 0 Å². The van der Waals surface area contributed by atoms with E-state index in [1.807, 2.05) is 25.1 Å². The number of hydrogen-bond acceptors (Lipinski definition) is 3. The number of nitrogens with one attached hydrogen (secondary N) is 1. The average molecular weight is 290 g/mol. The summed E-state index contributed by atoms with van der Waals surface area (Å²) in [6.45, 7) is 6.63. The maximum atomic E-state index is 11.7. The van der Waals surface area contributed by atoms with Gasteiger partial charge in [-0.3, -0.25) is 4.79 Å². The molecule has 0 aliphatic heterocycles. The van der Waals surface area contributed by atoms with Gasteiger partial charge in [0.25, 0.3) is 0 Å². The molecule has 0 radical (unpaired) electrons. The predicted octanol–water partition coefficient (Wildman–Crippen LogP) is 2.57. The molecule has 1 unspecified atom stereocenters. The molecule has 0 spiro atoms. The molecule has 1 aromatic rings. The van der Waals surface area contributed by atoms with E-state index in [-0.39, 0.29) is 5.91 Å². The zero-order valence-corrected chi connectivity index (χ0v) is 13.2. The molecule has 1 saturated carbocycles. The summed E-state index contributed by atoms with van der Waals surface area (Å²) in [5.41, 5.74) is 6.05. The lowest BCUT2D eigenvalue weighted by atomic mass is 9.97. The second kappa shape index (κ2) is 6.48. The fraction of sp³-hybridized carbons (Fsp3) is 0.588. The highest BCUT2D eigenvalue weighted by atomic mass is 16.5. The SMILES string of the molecule is CC(C)c1ccccc1OCCC(C)(NC1CC1)C(N)=O. The van der Waals surface area contributed by atoms with Gasteiger partial charge in [-0.1, -0.05) is 32.0 Å². The van der Waals surface area contributed by atoms with Crippen LogP contribution in [0.3, 0.4) is 0 Å². The molecule has 0 bridgehead atoms. The van der Waals surface area contributed by atoms with E-state index in [0.29, 0.717) is 25.0 Å². The normalized spacial score (nSPS) is 17.5. The molecule has 21 heavy (non-hydrogen) atoms. The van der Waals surface area contributed by atoms with Gasteiger partial charge in [-0.05, 0) is 37.3 Å². The first-order chi connectivity index (χ1) is 9.92. The molecule has 0 saturated heterocycles. The van der Waals surface area contributed by atoms with Gasteiger partial charge in [-0.25, -0.2) is 0 Å². The summed E-state index contributed by atoms with van der Waals surface area (Å²) in [4.78, 5) is 11.7. The molecule has 116 valence electrons. The molecule has 0 aromatic heterocycles. The number of para-hydroxylation sites is 1. The molecule has 1 aliphatic rings. The predicted molar refractivity (Wildman–Crippen MR) is 84.4 cm³/mol. The first kappa shape index (κ1) is 15.8. The smallest absolute Gasteiger partial charge is 0.237 e. The molecule has 1 fully saturated rings. The van der Waals surface area contributed by atoms with E-state index in [4.69, 9.17) is 10.5 Å². The second-order valence-corrected chi connectivity index (χ2v) is 6.41. The summed E-state index contributed by atoms with van der Waals surface area (Å²) in [7, 11) is 0. The van der Waals surface area contributed by atoms with E-state index in [1.54, 1.807) is 0 Å². The van der Waals surface area contributed by atoms with Crippen LogP contribution in [0.15, 0.2) is 24.3 Å². The van der Waals surface area contributed by atoms with Gasteiger partial charge in [0.2, 0.25) is 5.91 Å². The molecule has 1 atom stereocenters. The molecule has 3 N–H and O–H groups in total. The number of primary amides is 1. The first-order valence-electron chi connectivity index (χ1n) is 7.72. The van der Waals surface area contributed by atoms with E-state index in [9.17, 15) is 4.79 Å². The van der Waals surface area contributed by atoms with Gasteiger partial charge in [0, 0.05) is 12.5 Å². The van der Waals surface area contributed by atoms with Gasteiger partial charge in [0.1, 0.15) is 5.75 Å². The van der Waals surface area contributed by atoms with Gasteiger partial charge in [0.05, 0.1) is 12.1 Å². The van der Waals surface area contributed by atoms with Crippen LogP contribution in [0, 0.1) is 0 Å². The molecule has 1 aromatic carbocycles. The third kappa shape index (κ3) is 4.21. The van der Waals surface area contributed by atoms with E-state index < -0.39 is 5.54 Å².